The number of carbonyl (C=O) groups is 2. The lowest BCUT2D eigenvalue weighted by molar-refractivity contribution is -0.138. The maximum atomic E-state index is 12.3. The van der Waals surface area contributed by atoms with E-state index in [9.17, 15) is 9.59 Å². The number of carboxylic acids is 1. The van der Waals surface area contributed by atoms with Gasteiger partial charge in [0.15, 0.2) is 0 Å². The number of carboxylic acid groups (broad SMARTS) is 1. The number of rotatable bonds is 4. The molecule has 0 aromatic heterocycles. The summed E-state index contributed by atoms with van der Waals surface area (Å²) >= 11 is 0. The van der Waals surface area contributed by atoms with Gasteiger partial charge in [-0.2, -0.15) is 0 Å². The van der Waals surface area contributed by atoms with Crippen LogP contribution in [0.2, 0.25) is 0 Å². The van der Waals surface area contributed by atoms with E-state index < -0.39 is 5.97 Å². The zero-order valence-corrected chi connectivity index (χ0v) is 11.9. The maximum Gasteiger partial charge on any atom is 0.303 e. The highest BCUT2D eigenvalue weighted by molar-refractivity contribution is 5.77. The molecule has 0 aromatic rings. The molecule has 3 heterocycles. The number of hydrogen-bond acceptors (Lipinski definition) is 3. The topological polar surface area (TPSA) is 69.6 Å². The molecular formula is C15H24N2O3. The first kappa shape index (κ1) is 13.9. The van der Waals surface area contributed by atoms with Crippen molar-refractivity contribution in [1.29, 1.82) is 0 Å². The summed E-state index contributed by atoms with van der Waals surface area (Å²) in [4.78, 5) is 24.9. The van der Waals surface area contributed by atoms with Gasteiger partial charge in [0.05, 0.1) is 0 Å². The number of nitrogens with one attached hydrogen (secondary N) is 1. The number of amides is 1. The van der Waals surface area contributed by atoms with Crippen LogP contribution in [0.5, 0.6) is 0 Å². The van der Waals surface area contributed by atoms with E-state index in [1.54, 1.807) is 0 Å². The average molecular weight is 280 g/mol. The fourth-order valence-electron chi connectivity index (χ4n) is 4.19. The van der Waals surface area contributed by atoms with Gasteiger partial charge in [-0.3, -0.25) is 9.59 Å². The largest absolute Gasteiger partial charge is 0.481 e. The summed E-state index contributed by atoms with van der Waals surface area (Å²) in [6.07, 6.45) is 6.49. The third-order valence-corrected chi connectivity index (χ3v) is 5.14. The Bertz CT molecular complexity index is 387. The standard InChI is InChI=1S/C15H24N2O3/c18-14(17-4-3-10(9-17)8-15(19)20)7-11-5-12-1-2-13(6-11)16-12/h10-13,16H,1-9H2,(H,19,20). The van der Waals surface area contributed by atoms with E-state index in [2.05, 4.69) is 5.32 Å². The van der Waals surface area contributed by atoms with Crippen LogP contribution in [0, 0.1) is 11.8 Å². The second-order valence-corrected chi connectivity index (χ2v) is 6.77. The molecule has 3 fully saturated rings. The Morgan fingerprint density at radius 1 is 1.05 bits per heavy atom. The van der Waals surface area contributed by atoms with Gasteiger partial charge < -0.3 is 15.3 Å². The van der Waals surface area contributed by atoms with Crippen molar-refractivity contribution in [3.63, 3.8) is 0 Å². The molecule has 5 nitrogen and oxygen atoms in total. The fraction of sp³-hybridized carbons (Fsp3) is 0.867. The van der Waals surface area contributed by atoms with Gasteiger partial charge in [-0.25, -0.2) is 0 Å². The Kier molecular flexibility index (Phi) is 3.96. The molecule has 0 aromatic carbocycles. The molecule has 112 valence electrons. The Labute approximate surface area is 119 Å². The van der Waals surface area contributed by atoms with E-state index >= 15 is 0 Å². The summed E-state index contributed by atoms with van der Waals surface area (Å²) in [5, 5.41) is 12.4. The number of likely N-dealkylation sites (tertiary alicyclic amines) is 1. The lowest BCUT2D eigenvalue weighted by Crippen LogP contribution is -2.40. The third kappa shape index (κ3) is 3.14. The maximum absolute atomic E-state index is 12.3. The minimum atomic E-state index is -0.751. The van der Waals surface area contributed by atoms with Gasteiger partial charge in [0, 0.05) is 38.0 Å². The summed E-state index contributed by atoms with van der Waals surface area (Å²) in [6.45, 7) is 1.39. The normalized spacial score (nSPS) is 36.3. The van der Waals surface area contributed by atoms with E-state index in [0.29, 0.717) is 31.0 Å². The lowest BCUT2D eigenvalue weighted by Gasteiger charge is -2.29. The van der Waals surface area contributed by atoms with Crippen molar-refractivity contribution < 1.29 is 14.7 Å². The van der Waals surface area contributed by atoms with Gasteiger partial charge in [0.2, 0.25) is 5.91 Å². The number of aliphatic carboxylic acids is 1. The Balaban J connectivity index is 1.46. The van der Waals surface area contributed by atoms with Crippen molar-refractivity contribution in [2.45, 2.75) is 57.0 Å². The molecule has 5 heteroatoms. The van der Waals surface area contributed by atoms with Gasteiger partial charge in [-0.1, -0.05) is 0 Å². The van der Waals surface area contributed by atoms with Crippen LogP contribution >= 0.6 is 0 Å². The second kappa shape index (κ2) is 5.72. The quantitative estimate of drug-likeness (QED) is 0.812. The van der Waals surface area contributed by atoms with Crippen LogP contribution in [0.25, 0.3) is 0 Å². The molecule has 2 N–H and O–H groups in total. The van der Waals surface area contributed by atoms with Gasteiger partial charge in [-0.15, -0.1) is 0 Å². The summed E-state index contributed by atoms with van der Waals surface area (Å²) in [5.74, 6) is 0.170. The lowest BCUT2D eigenvalue weighted by atomic mass is 9.89. The van der Waals surface area contributed by atoms with Crippen molar-refractivity contribution in [3.05, 3.63) is 0 Å². The minimum absolute atomic E-state index is 0.153. The average Bonchev–Trinajstić information content (AvgIpc) is 2.96. The van der Waals surface area contributed by atoms with Gasteiger partial charge in [0.25, 0.3) is 0 Å². The summed E-state index contributed by atoms with van der Waals surface area (Å²) in [5.41, 5.74) is 0. The number of fused-ring (bicyclic) bond motifs is 2. The highest BCUT2D eigenvalue weighted by Crippen LogP contribution is 2.33. The molecule has 3 rings (SSSR count). The number of hydrogen-bond donors (Lipinski definition) is 2. The molecule has 20 heavy (non-hydrogen) atoms. The Hall–Kier alpha value is -1.10. The molecule has 3 atom stereocenters. The predicted octanol–water partition coefficient (Wildman–Crippen LogP) is 1.23. The van der Waals surface area contributed by atoms with Crippen molar-refractivity contribution in [2.75, 3.05) is 13.1 Å². The minimum Gasteiger partial charge on any atom is -0.481 e. The van der Waals surface area contributed by atoms with Gasteiger partial charge in [-0.05, 0) is 43.9 Å². The monoisotopic (exact) mass is 280 g/mol. The summed E-state index contributed by atoms with van der Waals surface area (Å²) in [7, 11) is 0. The zero-order valence-electron chi connectivity index (χ0n) is 11.9. The number of piperidine rings is 1. The van der Waals surface area contributed by atoms with Crippen molar-refractivity contribution in [1.82, 2.24) is 10.2 Å². The number of carbonyl (C=O) groups excluding carboxylic acids is 1. The highest BCUT2D eigenvalue weighted by Gasteiger charge is 2.35. The van der Waals surface area contributed by atoms with Crippen LogP contribution in [-0.4, -0.2) is 47.1 Å². The molecule has 3 unspecified atom stereocenters. The molecule has 3 aliphatic rings. The SMILES string of the molecule is O=C(O)CC1CCN(C(=O)CC2CC3CCC(C2)N3)C1. The van der Waals surface area contributed by atoms with E-state index in [1.165, 1.54) is 12.8 Å². The number of nitrogens with zero attached hydrogens (tertiary/aromatic N) is 1. The first-order valence-corrected chi connectivity index (χ1v) is 7.85. The van der Waals surface area contributed by atoms with E-state index in [-0.39, 0.29) is 18.2 Å². The predicted molar refractivity (Wildman–Crippen MR) is 74.2 cm³/mol. The van der Waals surface area contributed by atoms with Crippen LogP contribution in [0.3, 0.4) is 0 Å². The molecular weight excluding hydrogens is 256 g/mol. The summed E-state index contributed by atoms with van der Waals surface area (Å²) in [6, 6.07) is 1.26. The molecule has 2 bridgehead atoms. The molecule has 0 saturated carbocycles. The first-order valence-electron chi connectivity index (χ1n) is 7.85. The second-order valence-electron chi connectivity index (χ2n) is 6.77. The van der Waals surface area contributed by atoms with E-state index in [1.807, 2.05) is 4.90 Å². The Morgan fingerprint density at radius 2 is 1.75 bits per heavy atom. The van der Waals surface area contributed by atoms with Crippen LogP contribution in [-0.2, 0) is 9.59 Å². The van der Waals surface area contributed by atoms with Crippen molar-refractivity contribution >= 4 is 11.9 Å². The van der Waals surface area contributed by atoms with Crippen LogP contribution in [0.4, 0.5) is 0 Å². The molecule has 3 saturated heterocycles. The summed E-state index contributed by atoms with van der Waals surface area (Å²) < 4.78 is 0. The van der Waals surface area contributed by atoms with Crippen LogP contribution < -0.4 is 5.32 Å². The van der Waals surface area contributed by atoms with Crippen LogP contribution in [0.1, 0.15) is 44.9 Å². The zero-order chi connectivity index (χ0) is 14.1. The highest BCUT2D eigenvalue weighted by atomic mass is 16.4. The van der Waals surface area contributed by atoms with Gasteiger partial charge >= 0.3 is 5.97 Å². The molecule has 0 aliphatic carbocycles. The molecule has 1 amide bonds. The fourth-order valence-corrected chi connectivity index (χ4v) is 4.19. The molecule has 3 aliphatic heterocycles. The van der Waals surface area contributed by atoms with E-state index in [4.69, 9.17) is 5.11 Å². The van der Waals surface area contributed by atoms with E-state index in [0.717, 1.165) is 25.8 Å². The molecule has 0 radical (unpaired) electrons. The first-order chi connectivity index (χ1) is 9.60. The smallest absolute Gasteiger partial charge is 0.303 e. The van der Waals surface area contributed by atoms with Crippen LogP contribution in [0.15, 0.2) is 0 Å². The third-order valence-electron chi connectivity index (χ3n) is 5.14. The van der Waals surface area contributed by atoms with Gasteiger partial charge in [0.1, 0.15) is 0 Å². The van der Waals surface area contributed by atoms with Crippen molar-refractivity contribution in [3.8, 4) is 0 Å². The van der Waals surface area contributed by atoms with Crippen molar-refractivity contribution in [2.24, 2.45) is 11.8 Å². The Morgan fingerprint density at radius 3 is 2.40 bits per heavy atom. The molecule has 0 spiro atoms.